The van der Waals surface area contributed by atoms with Crippen LogP contribution in [0.1, 0.15) is 19.8 Å². The van der Waals surface area contributed by atoms with E-state index >= 15 is 0 Å². The van der Waals surface area contributed by atoms with Gasteiger partial charge in [0.1, 0.15) is 9.84 Å². The van der Waals surface area contributed by atoms with Crippen LogP contribution in [0.4, 0.5) is 0 Å². The zero-order chi connectivity index (χ0) is 11.9. The van der Waals surface area contributed by atoms with E-state index in [1.54, 1.807) is 0 Å². The van der Waals surface area contributed by atoms with E-state index in [1.807, 2.05) is 6.92 Å². The van der Waals surface area contributed by atoms with Gasteiger partial charge in [-0.3, -0.25) is 0 Å². The molecule has 2 N–H and O–H groups in total. The van der Waals surface area contributed by atoms with Crippen molar-refractivity contribution in [2.75, 3.05) is 31.6 Å². The molecule has 0 aromatic carbocycles. The van der Waals surface area contributed by atoms with Crippen molar-refractivity contribution in [1.29, 1.82) is 0 Å². The number of thiocarbonyl (C=S) groups is 1. The Balaban J connectivity index is 3.75. The fourth-order valence-electron chi connectivity index (χ4n) is 1.25. The van der Waals surface area contributed by atoms with Gasteiger partial charge in [0.2, 0.25) is 0 Å². The quantitative estimate of drug-likeness (QED) is 0.634. The molecule has 15 heavy (non-hydrogen) atoms. The fourth-order valence-corrected chi connectivity index (χ4v) is 1.99. The molecule has 0 saturated carbocycles. The van der Waals surface area contributed by atoms with E-state index in [-0.39, 0.29) is 5.75 Å². The van der Waals surface area contributed by atoms with Crippen molar-refractivity contribution in [2.24, 2.45) is 5.73 Å². The lowest BCUT2D eigenvalue weighted by Crippen LogP contribution is -2.29. The van der Waals surface area contributed by atoms with Gasteiger partial charge in [-0.05, 0) is 19.5 Å². The van der Waals surface area contributed by atoms with Crippen LogP contribution in [-0.2, 0) is 9.84 Å². The van der Waals surface area contributed by atoms with Crippen LogP contribution in [0.2, 0.25) is 0 Å². The van der Waals surface area contributed by atoms with E-state index in [4.69, 9.17) is 18.0 Å². The first-order chi connectivity index (χ1) is 6.85. The van der Waals surface area contributed by atoms with Crippen LogP contribution < -0.4 is 5.73 Å². The normalized spacial score (nSPS) is 11.9. The van der Waals surface area contributed by atoms with Crippen LogP contribution in [0.15, 0.2) is 0 Å². The molecule has 0 rings (SSSR count). The summed E-state index contributed by atoms with van der Waals surface area (Å²) in [5, 5.41) is 0. The molecular weight excluding hydrogens is 232 g/mol. The summed E-state index contributed by atoms with van der Waals surface area (Å²) >= 11 is 4.79. The molecule has 0 amide bonds. The third kappa shape index (κ3) is 10.1. The molecule has 0 atom stereocenters. The molecule has 0 aliphatic rings. The molecular formula is C9H20N2O2S2. The first kappa shape index (κ1) is 14.8. The van der Waals surface area contributed by atoms with Crippen LogP contribution >= 0.6 is 12.2 Å². The summed E-state index contributed by atoms with van der Waals surface area (Å²) in [6.45, 7) is 4.54. The van der Waals surface area contributed by atoms with Crippen LogP contribution in [0.3, 0.4) is 0 Å². The molecule has 0 aliphatic heterocycles. The van der Waals surface area contributed by atoms with E-state index in [2.05, 4.69) is 4.90 Å². The van der Waals surface area contributed by atoms with Crippen LogP contribution in [0.25, 0.3) is 0 Å². The average Bonchev–Trinajstić information content (AvgIpc) is 2.08. The Bertz CT molecular complexity index is 288. The van der Waals surface area contributed by atoms with Gasteiger partial charge in [-0.2, -0.15) is 0 Å². The summed E-state index contributed by atoms with van der Waals surface area (Å²) in [5.74, 6) is 0.247. The number of rotatable bonds is 8. The van der Waals surface area contributed by atoms with Gasteiger partial charge < -0.3 is 10.6 Å². The third-order valence-corrected chi connectivity index (χ3v) is 3.35. The maximum absolute atomic E-state index is 10.9. The fraction of sp³-hybridized carbons (Fsp3) is 0.889. The van der Waals surface area contributed by atoms with Crippen molar-refractivity contribution < 1.29 is 8.42 Å². The molecule has 0 radical (unpaired) electrons. The Labute approximate surface area is 97.7 Å². The maximum atomic E-state index is 10.9. The Kier molecular flexibility index (Phi) is 7.04. The summed E-state index contributed by atoms with van der Waals surface area (Å²) in [5.41, 5.74) is 5.40. The van der Waals surface area contributed by atoms with E-state index in [1.165, 1.54) is 6.26 Å². The molecule has 0 bridgehead atoms. The third-order valence-electron chi connectivity index (χ3n) is 2.11. The molecule has 0 spiro atoms. The smallest absolute Gasteiger partial charge is 0.147 e. The lowest BCUT2D eigenvalue weighted by Gasteiger charge is -2.19. The van der Waals surface area contributed by atoms with Crippen molar-refractivity contribution in [3.8, 4) is 0 Å². The average molecular weight is 252 g/mol. The lowest BCUT2D eigenvalue weighted by molar-refractivity contribution is 0.298. The molecule has 0 aromatic heterocycles. The van der Waals surface area contributed by atoms with Gasteiger partial charge in [0.15, 0.2) is 0 Å². The van der Waals surface area contributed by atoms with Crippen LogP contribution in [0.5, 0.6) is 0 Å². The van der Waals surface area contributed by atoms with Crippen molar-refractivity contribution >= 4 is 27.0 Å². The second kappa shape index (κ2) is 7.14. The van der Waals surface area contributed by atoms with Crippen molar-refractivity contribution in [3.05, 3.63) is 0 Å². The molecule has 0 aliphatic carbocycles. The van der Waals surface area contributed by atoms with Gasteiger partial charge in [0.25, 0.3) is 0 Å². The lowest BCUT2D eigenvalue weighted by atomic mass is 10.3. The van der Waals surface area contributed by atoms with Crippen molar-refractivity contribution in [1.82, 2.24) is 4.90 Å². The largest absolute Gasteiger partial charge is 0.393 e. The van der Waals surface area contributed by atoms with Gasteiger partial charge in [0.05, 0.1) is 10.7 Å². The Morgan fingerprint density at radius 3 is 2.40 bits per heavy atom. The van der Waals surface area contributed by atoms with E-state index in [0.29, 0.717) is 17.8 Å². The van der Waals surface area contributed by atoms with Crippen molar-refractivity contribution in [3.63, 3.8) is 0 Å². The number of sulfone groups is 1. The summed E-state index contributed by atoms with van der Waals surface area (Å²) in [7, 11) is -2.84. The van der Waals surface area contributed by atoms with E-state index in [0.717, 1.165) is 19.6 Å². The van der Waals surface area contributed by atoms with Gasteiger partial charge >= 0.3 is 0 Å². The second-order valence-corrected chi connectivity index (χ2v) is 6.42. The molecule has 0 saturated heterocycles. The summed E-state index contributed by atoms with van der Waals surface area (Å²) in [6, 6.07) is 0. The van der Waals surface area contributed by atoms with Gasteiger partial charge in [-0.25, -0.2) is 8.42 Å². The molecule has 0 fully saturated rings. The predicted molar refractivity (Wildman–Crippen MR) is 67.8 cm³/mol. The number of hydrogen-bond donors (Lipinski definition) is 1. The Morgan fingerprint density at radius 1 is 1.40 bits per heavy atom. The number of nitrogens with two attached hydrogens (primary N) is 1. The standard InChI is InChI=1S/C9H20N2O2S2/c1-3-11(7-5-9(10)14)6-4-8-15(2,12)13/h3-8H2,1-2H3,(H2,10,14). The predicted octanol–water partition coefficient (Wildman–Crippen LogP) is 0.419. The summed E-state index contributed by atoms with van der Waals surface area (Å²) in [6.07, 6.45) is 2.63. The van der Waals surface area contributed by atoms with Gasteiger partial charge in [0, 0.05) is 19.2 Å². The summed E-state index contributed by atoms with van der Waals surface area (Å²) in [4.78, 5) is 2.67. The van der Waals surface area contributed by atoms with Crippen LogP contribution in [-0.4, -0.2) is 49.9 Å². The zero-order valence-corrected chi connectivity index (χ0v) is 11.0. The maximum Gasteiger partial charge on any atom is 0.147 e. The van der Waals surface area contributed by atoms with E-state index in [9.17, 15) is 8.42 Å². The molecule has 0 unspecified atom stereocenters. The first-order valence-electron chi connectivity index (χ1n) is 5.03. The minimum absolute atomic E-state index is 0.247. The molecule has 0 aromatic rings. The highest BCUT2D eigenvalue weighted by Crippen LogP contribution is 1.96. The Hall–Kier alpha value is -0.200. The summed E-state index contributed by atoms with van der Waals surface area (Å²) < 4.78 is 21.8. The molecule has 0 heterocycles. The highest BCUT2D eigenvalue weighted by atomic mass is 32.2. The molecule has 6 heteroatoms. The highest BCUT2D eigenvalue weighted by molar-refractivity contribution is 7.90. The second-order valence-electron chi connectivity index (χ2n) is 3.63. The topological polar surface area (TPSA) is 63.4 Å². The minimum atomic E-state index is -2.84. The van der Waals surface area contributed by atoms with Crippen molar-refractivity contribution in [2.45, 2.75) is 19.8 Å². The van der Waals surface area contributed by atoms with Gasteiger partial charge in [-0.1, -0.05) is 19.1 Å². The molecule has 90 valence electrons. The van der Waals surface area contributed by atoms with E-state index < -0.39 is 9.84 Å². The highest BCUT2D eigenvalue weighted by Gasteiger charge is 2.06. The first-order valence-corrected chi connectivity index (χ1v) is 7.50. The zero-order valence-electron chi connectivity index (χ0n) is 9.40. The SMILES string of the molecule is CCN(CCCS(C)(=O)=O)CCC(N)=S. The van der Waals surface area contributed by atoms with Crippen LogP contribution in [0, 0.1) is 0 Å². The minimum Gasteiger partial charge on any atom is -0.393 e. The number of hydrogen-bond acceptors (Lipinski definition) is 4. The number of nitrogens with zero attached hydrogens (tertiary/aromatic N) is 1. The Morgan fingerprint density at radius 2 is 2.00 bits per heavy atom. The molecule has 4 nitrogen and oxygen atoms in total. The van der Waals surface area contributed by atoms with Gasteiger partial charge in [-0.15, -0.1) is 0 Å². The monoisotopic (exact) mass is 252 g/mol.